The predicted octanol–water partition coefficient (Wildman–Crippen LogP) is 0.450. The summed E-state index contributed by atoms with van der Waals surface area (Å²) >= 11 is 0. The lowest BCUT2D eigenvalue weighted by Crippen LogP contribution is -2.41. The van der Waals surface area contributed by atoms with Gasteiger partial charge >= 0.3 is 0 Å². The van der Waals surface area contributed by atoms with E-state index in [-0.39, 0.29) is 4.90 Å². The highest BCUT2D eigenvalue weighted by atomic mass is 32.2. The van der Waals surface area contributed by atoms with Gasteiger partial charge in [0.2, 0.25) is 10.0 Å². The number of guanidine groups is 1. The third kappa shape index (κ3) is 5.58. The summed E-state index contributed by atoms with van der Waals surface area (Å²) < 4.78 is 22.3. The van der Waals surface area contributed by atoms with Gasteiger partial charge in [0.25, 0.3) is 0 Å². The van der Waals surface area contributed by atoms with Crippen molar-refractivity contribution in [1.29, 1.82) is 0 Å². The fraction of sp³-hybridized carbons (Fsp3) is 0.462. The van der Waals surface area contributed by atoms with Crippen LogP contribution in [0.2, 0.25) is 0 Å². The number of nitrogens with zero attached hydrogens (tertiary/aromatic N) is 1. The molecule has 20 heavy (non-hydrogen) atoms. The number of aliphatic imine (C=N–C) groups is 1. The van der Waals surface area contributed by atoms with Gasteiger partial charge in [-0.1, -0.05) is 12.1 Å². The summed E-state index contributed by atoms with van der Waals surface area (Å²) in [6.07, 6.45) is 0.768. The van der Waals surface area contributed by atoms with Gasteiger partial charge in [-0.15, -0.1) is 0 Å². The van der Waals surface area contributed by atoms with Gasteiger partial charge in [-0.25, -0.2) is 13.6 Å². The molecule has 1 aromatic carbocycles. The zero-order valence-corrected chi connectivity index (χ0v) is 12.9. The number of sulfonamides is 1. The summed E-state index contributed by atoms with van der Waals surface area (Å²) in [6.45, 7) is 4.79. The van der Waals surface area contributed by atoms with E-state index in [0.717, 1.165) is 17.9 Å². The lowest BCUT2D eigenvalue weighted by Gasteiger charge is -2.14. The van der Waals surface area contributed by atoms with Crippen molar-refractivity contribution in [2.45, 2.75) is 31.2 Å². The second-order valence-electron chi connectivity index (χ2n) is 4.74. The van der Waals surface area contributed by atoms with E-state index in [1.807, 2.05) is 13.8 Å². The van der Waals surface area contributed by atoms with E-state index >= 15 is 0 Å². The standard InChI is InChI=1S/C13H22N4O2S/c1-10(2)17-13(15-3)16-9-8-11-4-6-12(7-5-11)20(14,18)19/h4-7,10H,8-9H2,1-3H3,(H2,14,18,19)(H2,15,16,17). The zero-order valence-electron chi connectivity index (χ0n) is 12.1. The molecule has 0 aromatic heterocycles. The highest BCUT2D eigenvalue weighted by molar-refractivity contribution is 7.89. The summed E-state index contributed by atoms with van der Waals surface area (Å²) in [7, 11) is -1.89. The number of benzene rings is 1. The highest BCUT2D eigenvalue weighted by Gasteiger charge is 2.06. The summed E-state index contributed by atoms with van der Waals surface area (Å²) in [5.74, 6) is 0.751. The first-order valence-electron chi connectivity index (χ1n) is 6.42. The Kier molecular flexibility index (Phi) is 5.97. The van der Waals surface area contributed by atoms with Gasteiger partial charge in [0.05, 0.1) is 4.90 Å². The number of hydrogen-bond acceptors (Lipinski definition) is 3. The monoisotopic (exact) mass is 298 g/mol. The first kappa shape index (κ1) is 16.5. The van der Waals surface area contributed by atoms with Crippen LogP contribution in [0.15, 0.2) is 34.2 Å². The SMILES string of the molecule is CN=C(NCCc1ccc(S(N)(=O)=O)cc1)NC(C)C. The van der Waals surface area contributed by atoms with E-state index in [9.17, 15) is 8.42 Å². The number of hydrogen-bond donors (Lipinski definition) is 3. The van der Waals surface area contributed by atoms with E-state index in [2.05, 4.69) is 15.6 Å². The molecule has 6 nitrogen and oxygen atoms in total. The third-order valence-corrected chi connectivity index (χ3v) is 3.54. The molecule has 0 spiro atoms. The average Bonchev–Trinajstić information content (AvgIpc) is 2.36. The van der Waals surface area contributed by atoms with Crippen LogP contribution >= 0.6 is 0 Å². The van der Waals surface area contributed by atoms with Crippen LogP contribution in [-0.4, -0.2) is 34.0 Å². The molecule has 1 aromatic rings. The Labute approximate surface area is 120 Å². The topological polar surface area (TPSA) is 96.6 Å². The lowest BCUT2D eigenvalue weighted by molar-refractivity contribution is 0.598. The molecule has 7 heteroatoms. The van der Waals surface area contributed by atoms with Crippen LogP contribution < -0.4 is 15.8 Å². The molecule has 0 saturated heterocycles. The largest absolute Gasteiger partial charge is 0.356 e. The van der Waals surface area contributed by atoms with E-state index in [0.29, 0.717) is 12.6 Å². The predicted molar refractivity (Wildman–Crippen MR) is 81.2 cm³/mol. The van der Waals surface area contributed by atoms with Gasteiger partial charge in [-0.3, -0.25) is 4.99 Å². The Balaban J connectivity index is 2.51. The number of nitrogens with one attached hydrogen (secondary N) is 2. The molecule has 0 radical (unpaired) electrons. The minimum Gasteiger partial charge on any atom is -0.356 e. The van der Waals surface area contributed by atoms with Crippen molar-refractivity contribution >= 4 is 16.0 Å². The van der Waals surface area contributed by atoms with Crippen LogP contribution in [0.4, 0.5) is 0 Å². The van der Waals surface area contributed by atoms with Crippen molar-refractivity contribution in [3.63, 3.8) is 0 Å². The summed E-state index contributed by atoms with van der Waals surface area (Å²) in [4.78, 5) is 4.24. The Morgan fingerprint density at radius 2 is 1.90 bits per heavy atom. The molecule has 0 fully saturated rings. The molecule has 1 rings (SSSR count). The van der Waals surface area contributed by atoms with Crippen LogP contribution in [0.3, 0.4) is 0 Å². The summed E-state index contributed by atoms with van der Waals surface area (Å²) in [5.41, 5.74) is 1.03. The molecule has 0 aliphatic carbocycles. The maximum absolute atomic E-state index is 11.1. The van der Waals surface area contributed by atoms with Crippen molar-refractivity contribution in [2.75, 3.05) is 13.6 Å². The maximum Gasteiger partial charge on any atom is 0.238 e. The Bertz CT molecular complexity index is 550. The molecular weight excluding hydrogens is 276 g/mol. The van der Waals surface area contributed by atoms with Crippen LogP contribution in [0.5, 0.6) is 0 Å². The number of rotatable bonds is 5. The zero-order chi connectivity index (χ0) is 15.2. The highest BCUT2D eigenvalue weighted by Crippen LogP contribution is 2.08. The van der Waals surface area contributed by atoms with E-state index in [4.69, 9.17) is 5.14 Å². The molecule has 0 bridgehead atoms. The first-order chi connectivity index (χ1) is 9.32. The number of nitrogens with two attached hydrogens (primary N) is 1. The molecule has 0 unspecified atom stereocenters. The molecular formula is C13H22N4O2S. The van der Waals surface area contributed by atoms with Gasteiger partial charge in [-0.05, 0) is 38.0 Å². The Morgan fingerprint density at radius 1 is 1.30 bits per heavy atom. The van der Waals surface area contributed by atoms with Gasteiger partial charge < -0.3 is 10.6 Å². The van der Waals surface area contributed by atoms with Crippen LogP contribution in [0, 0.1) is 0 Å². The quantitative estimate of drug-likeness (QED) is 0.543. The van der Waals surface area contributed by atoms with Crippen molar-refractivity contribution in [2.24, 2.45) is 10.1 Å². The summed E-state index contributed by atoms with van der Waals surface area (Å²) in [5, 5.41) is 11.4. The van der Waals surface area contributed by atoms with Crippen LogP contribution in [0.25, 0.3) is 0 Å². The second kappa shape index (κ2) is 7.25. The van der Waals surface area contributed by atoms with Crippen LogP contribution in [-0.2, 0) is 16.4 Å². The Morgan fingerprint density at radius 3 is 2.35 bits per heavy atom. The van der Waals surface area contributed by atoms with Gasteiger partial charge in [0.1, 0.15) is 0 Å². The summed E-state index contributed by atoms with van der Waals surface area (Å²) in [6, 6.07) is 6.88. The maximum atomic E-state index is 11.1. The van der Waals surface area contributed by atoms with Gasteiger partial charge in [0.15, 0.2) is 5.96 Å². The molecule has 0 amide bonds. The molecule has 0 heterocycles. The molecule has 112 valence electrons. The van der Waals surface area contributed by atoms with E-state index < -0.39 is 10.0 Å². The van der Waals surface area contributed by atoms with Crippen molar-refractivity contribution in [1.82, 2.24) is 10.6 Å². The van der Waals surface area contributed by atoms with Gasteiger partial charge in [0, 0.05) is 19.6 Å². The fourth-order valence-corrected chi connectivity index (χ4v) is 2.15. The van der Waals surface area contributed by atoms with E-state index in [1.54, 1.807) is 19.2 Å². The minimum absolute atomic E-state index is 0.131. The first-order valence-corrected chi connectivity index (χ1v) is 7.96. The number of primary sulfonamides is 1. The minimum atomic E-state index is -3.62. The van der Waals surface area contributed by atoms with Crippen molar-refractivity contribution < 1.29 is 8.42 Å². The van der Waals surface area contributed by atoms with Crippen LogP contribution in [0.1, 0.15) is 19.4 Å². The lowest BCUT2D eigenvalue weighted by atomic mass is 10.1. The fourth-order valence-electron chi connectivity index (χ4n) is 1.64. The van der Waals surface area contributed by atoms with E-state index in [1.165, 1.54) is 12.1 Å². The molecule has 0 saturated carbocycles. The van der Waals surface area contributed by atoms with Crippen molar-refractivity contribution in [3.05, 3.63) is 29.8 Å². The average molecular weight is 298 g/mol. The third-order valence-electron chi connectivity index (χ3n) is 2.61. The molecule has 0 aliphatic rings. The Hall–Kier alpha value is -1.60. The smallest absolute Gasteiger partial charge is 0.238 e. The molecule has 0 atom stereocenters. The van der Waals surface area contributed by atoms with Crippen molar-refractivity contribution in [3.8, 4) is 0 Å². The normalized spacial score (nSPS) is 12.6. The molecule has 4 N–H and O–H groups in total. The molecule has 0 aliphatic heterocycles. The van der Waals surface area contributed by atoms with Gasteiger partial charge in [-0.2, -0.15) is 0 Å². The second-order valence-corrected chi connectivity index (χ2v) is 6.30.